The Morgan fingerprint density at radius 2 is 2.11 bits per heavy atom. The maximum absolute atomic E-state index is 13.1. The maximum Gasteiger partial charge on any atom is 0.254 e. The van der Waals surface area contributed by atoms with Gasteiger partial charge in [-0.3, -0.25) is 9.52 Å². The zero-order chi connectivity index (χ0) is 18.9. The molecule has 1 atom stereocenters. The Bertz CT molecular complexity index is 928. The number of anilines is 1. The van der Waals surface area contributed by atoms with Gasteiger partial charge in [-0.15, -0.1) is 12.4 Å². The van der Waals surface area contributed by atoms with Crippen LogP contribution in [0.1, 0.15) is 27.8 Å². The molecule has 2 N–H and O–H groups in total. The van der Waals surface area contributed by atoms with Crippen molar-refractivity contribution in [3.05, 3.63) is 47.5 Å². The molecule has 1 aromatic carbocycles. The molecule has 0 radical (unpaired) electrons. The number of carbonyl (C=O) groups excluding carboxylic acids is 1. The molecule has 0 spiro atoms. The molecule has 1 unspecified atom stereocenters. The summed E-state index contributed by atoms with van der Waals surface area (Å²) in [5.74, 6) is 0.670. The van der Waals surface area contributed by atoms with Gasteiger partial charge in [-0.1, -0.05) is 6.07 Å². The van der Waals surface area contributed by atoms with E-state index >= 15 is 0 Å². The van der Waals surface area contributed by atoms with Crippen LogP contribution in [0.5, 0.6) is 0 Å². The highest BCUT2D eigenvalue weighted by molar-refractivity contribution is 7.92. The number of nitrogens with one attached hydrogen (secondary N) is 2. The van der Waals surface area contributed by atoms with Crippen LogP contribution in [0.3, 0.4) is 0 Å². The van der Waals surface area contributed by atoms with Gasteiger partial charge in [-0.05, 0) is 24.6 Å². The van der Waals surface area contributed by atoms with Crippen molar-refractivity contribution in [2.45, 2.75) is 13.0 Å². The van der Waals surface area contributed by atoms with Gasteiger partial charge in [0.1, 0.15) is 11.9 Å². The number of amides is 1. The molecule has 2 aromatic rings. The first-order valence-electron chi connectivity index (χ1n) is 8.33. The van der Waals surface area contributed by atoms with Gasteiger partial charge >= 0.3 is 0 Å². The van der Waals surface area contributed by atoms with Crippen LogP contribution in [0.15, 0.2) is 30.6 Å². The van der Waals surface area contributed by atoms with Crippen LogP contribution in [-0.4, -0.2) is 54.7 Å². The molecule has 8 nitrogen and oxygen atoms in total. The molecule has 1 aromatic heterocycles. The number of sulfonamides is 1. The second-order valence-electron chi connectivity index (χ2n) is 6.52. The van der Waals surface area contributed by atoms with Crippen molar-refractivity contribution < 1.29 is 13.2 Å². The smallest absolute Gasteiger partial charge is 0.254 e. The van der Waals surface area contributed by atoms with Gasteiger partial charge in [-0.2, -0.15) is 0 Å². The van der Waals surface area contributed by atoms with E-state index in [1.807, 2.05) is 17.8 Å². The van der Waals surface area contributed by atoms with E-state index in [1.165, 1.54) is 0 Å². The Kier molecular flexibility index (Phi) is 6.50. The predicted molar refractivity (Wildman–Crippen MR) is 107 cm³/mol. The molecule has 0 bridgehead atoms. The van der Waals surface area contributed by atoms with Crippen molar-refractivity contribution in [1.82, 2.24) is 19.8 Å². The highest BCUT2D eigenvalue weighted by Gasteiger charge is 2.31. The molecule has 1 fully saturated rings. The monoisotopic (exact) mass is 413 g/mol. The molecular formula is C17H24ClN5O3S. The van der Waals surface area contributed by atoms with Gasteiger partial charge < -0.3 is 14.8 Å². The topological polar surface area (TPSA) is 96.3 Å². The predicted octanol–water partition coefficient (Wildman–Crippen LogP) is 1.31. The quantitative estimate of drug-likeness (QED) is 0.787. The zero-order valence-corrected chi connectivity index (χ0v) is 17.1. The summed E-state index contributed by atoms with van der Waals surface area (Å²) in [7, 11) is -1.51. The molecule has 0 saturated carbocycles. The highest BCUT2D eigenvalue weighted by Crippen LogP contribution is 2.25. The molecule has 0 aliphatic carbocycles. The van der Waals surface area contributed by atoms with Crippen molar-refractivity contribution in [3.63, 3.8) is 0 Å². The second-order valence-corrected chi connectivity index (χ2v) is 8.27. The fourth-order valence-corrected chi connectivity index (χ4v) is 3.73. The minimum Gasteiger partial charge on any atom is -0.336 e. The number of benzene rings is 1. The lowest BCUT2D eigenvalue weighted by Crippen LogP contribution is -2.49. The lowest BCUT2D eigenvalue weighted by atomic mass is 10.1. The molecule has 27 heavy (non-hydrogen) atoms. The average molecular weight is 414 g/mol. The van der Waals surface area contributed by atoms with Crippen molar-refractivity contribution in [3.8, 4) is 0 Å². The molecule has 10 heteroatoms. The average Bonchev–Trinajstić information content (AvgIpc) is 3.01. The third-order valence-corrected chi connectivity index (χ3v) is 5.03. The van der Waals surface area contributed by atoms with Crippen molar-refractivity contribution >= 4 is 34.0 Å². The number of imidazole rings is 1. The minimum absolute atomic E-state index is 0. The molecular weight excluding hydrogens is 390 g/mol. The van der Waals surface area contributed by atoms with Gasteiger partial charge in [0.25, 0.3) is 5.91 Å². The Hall–Kier alpha value is -2.10. The fraction of sp³-hybridized carbons (Fsp3) is 0.412. The van der Waals surface area contributed by atoms with E-state index in [1.54, 1.807) is 36.2 Å². The first-order chi connectivity index (χ1) is 12.3. The summed E-state index contributed by atoms with van der Waals surface area (Å²) in [6, 6.07) is 4.89. The summed E-state index contributed by atoms with van der Waals surface area (Å²) in [4.78, 5) is 19.3. The molecule has 1 amide bonds. The first kappa shape index (κ1) is 21.2. The summed E-state index contributed by atoms with van der Waals surface area (Å²) in [5.41, 5.74) is 1.62. The van der Waals surface area contributed by atoms with Gasteiger partial charge in [0.05, 0.1) is 11.9 Å². The normalized spacial score (nSPS) is 17.3. The number of nitrogens with zero attached hydrogens (tertiary/aromatic N) is 3. The fourth-order valence-electron chi connectivity index (χ4n) is 3.11. The summed E-state index contributed by atoms with van der Waals surface area (Å²) < 4.78 is 27.5. The van der Waals surface area contributed by atoms with Crippen LogP contribution in [0.25, 0.3) is 0 Å². The van der Waals surface area contributed by atoms with Crippen molar-refractivity contribution in [2.24, 2.45) is 7.05 Å². The van der Waals surface area contributed by atoms with Gasteiger partial charge in [0.15, 0.2) is 0 Å². The van der Waals surface area contributed by atoms with Crippen molar-refractivity contribution in [1.29, 1.82) is 0 Å². The Labute approximate surface area is 165 Å². The standard InChI is InChI=1S/C17H23N5O3S.ClH/c1-12-4-5-13(10-14(12)20-26(3,24)25)17(23)22-9-6-18-11-15(22)16-19-7-8-21(16)2;/h4-5,7-8,10,15,18,20H,6,9,11H2,1-3H3;1H. The van der Waals surface area contributed by atoms with Crippen LogP contribution in [-0.2, 0) is 17.1 Å². The molecule has 1 aliphatic heterocycles. The van der Waals surface area contributed by atoms with E-state index in [-0.39, 0.29) is 24.4 Å². The van der Waals surface area contributed by atoms with Gasteiger partial charge in [-0.25, -0.2) is 13.4 Å². The Morgan fingerprint density at radius 3 is 2.74 bits per heavy atom. The minimum atomic E-state index is -3.42. The van der Waals surface area contributed by atoms with E-state index in [0.29, 0.717) is 30.9 Å². The second kappa shape index (κ2) is 8.28. The Balaban J connectivity index is 0.00000261. The number of halogens is 1. The molecule has 2 heterocycles. The number of aryl methyl sites for hydroxylation is 2. The molecule has 148 valence electrons. The number of aromatic nitrogens is 2. The number of hydrogen-bond donors (Lipinski definition) is 2. The van der Waals surface area contributed by atoms with E-state index in [2.05, 4.69) is 15.0 Å². The lowest BCUT2D eigenvalue weighted by molar-refractivity contribution is 0.0621. The molecule has 1 saturated heterocycles. The highest BCUT2D eigenvalue weighted by atomic mass is 35.5. The van der Waals surface area contributed by atoms with Crippen LogP contribution in [0.4, 0.5) is 5.69 Å². The molecule has 3 rings (SSSR count). The Morgan fingerprint density at radius 1 is 1.37 bits per heavy atom. The first-order valence-corrected chi connectivity index (χ1v) is 10.2. The van der Waals surface area contributed by atoms with Crippen LogP contribution in [0.2, 0.25) is 0 Å². The number of piperazine rings is 1. The van der Waals surface area contributed by atoms with E-state index < -0.39 is 10.0 Å². The van der Waals surface area contributed by atoms with E-state index in [4.69, 9.17) is 0 Å². The van der Waals surface area contributed by atoms with Gasteiger partial charge in [0, 0.05) is 44.6 Å². The van der Waals surface area contributed by atoms with E-state index in [9.17, 15) is 13.2 Å². The third kappa shape index (κ3) is 4.79. The van der Waals surface area contributed by atoms with Crippen LogP contribution < -0.4 is 10.0 Å². The van der Waals surface area contributed by atoms with Gasteiger partial charge in [0.2, 0.25) is 10.0 Å². The lowest BCUT2D eigenvalue weighted by Gasteiger charge is -2.36. The third-order valence-electron chi connectivity index (χ3n) is 4.44. The molecule has 1 aliphatic rings. The number of hydrogen-bond acceptors (Lipinski definition) is 5. The largest absolute Gasteiger partial charge is 0.336 e. The number of rotatable bonds is 4. The van der Waals surface area contributed by atoms with Crippen LogP contribution >= 0.6 is 12.4 Å². The SMILES string of the molecule is Cc1ccc(C(=O)N2CCNCC2c2nccn2C)cc1NS(C)(=O)=O.Cl. The van der Waals surface area contributed by atoms with E-state index in [0.717, 1.165) is 17.6 Å². The summed E-state index contributed by atoms with van der Waals surface area (Å²) >= 11 is 0. The zero-order valence-electron chi connectivity index (χ0n) is 15.5. The maximum atomic E-state index is 13.1. The van der Waals surface area contributed by atoms with Crippen molar-refractivity contribution in [2.75, 3.05) is 30.6 Å². The van der Waals surface area contributed by atoms with Crippen LogP contribution in [0, 0.1) is 6.92 Å². The number of carbonyl (C=O) groups is 1. The summed E-state index contributed by atoms with van der Waals surface area (Å²) in [5, 5.41) is 3.30. The summed E-state index contributed by atoms with van der Waals surface area (Å²) in [6.07, 6.45) is 4.66. The summed E-state index contributed by atoms with van der Waals surface area (Å²) in [6.45, 7) is 3.67.